The molecule has 2 nitrogen and oxygen atoms in total. The molecule has 6 aromatic rings. The zero-order valence-electron chi connectivity index (χ0n) is 18.5. The van der Waals surface area contributed by atoms with Gasteiger partial charge in [0.1, 0.15) is 0 Å². The first-order valence-electron chi connectivity index (χ1n) is 11.3. The number of benzene rings is 5. The Labute approximate surface area is 193 Å². The van der Waals surface area contributed by atoms with Gasteiger partial charge in [-0.05, 0) is 55.0 Å². The van der Waals surface area contributed by atoms with Crippen LogP contribution >= 0.6 is 0 Å². The van der Waals surface area contributed by atoms with Gasteiger partial charge < -0.3 is 9.88 Å². The monoisotopic (exact) mass is 424 g/mol. The Morgan fingerprint density at radius 1 is 0.576 bits per heavy atom. The fraction of sp³-hybridized carbons (Fsp3) is 0.0323. The van der Waals surface area contributed by atoms with Crippen molar-refractivity contribution in [3.8, 4) is 16.8 Å². The van der Waals surface area contributed by atoms with Gasteiger partial charge in [-0.1, -0.05) is 84.4 Å². The largest absolute Gasteiger partial charge is 0.355 e. The molecule has 0 aliphatic heterocycles. The number of aromatic nitrogens is 1. The highest BCUT2D eigenvalue weighted by Gasteiger charge is 2.16. The van der Waals surface area contributed by atoms with Crippen molar-refractivity contribution in [3.05, 3.63) is 127 Å². The molecule has 0 unspecified atom stereocenters. The lowest BCUT2D eigenvalue weighted by Gasteiger charge is -2.15. The highest BCUT2D eigenvalue weighted by Crippen LogP contribution is 2.39. The van der Waals surface area contributed by atoms with Gasteiger partial charge in [0.25, 0.3) is 0 Å². The zero-order chi connectivity index (χ0) is 22.2. The number of para-hydroxylation sites is 2. The van der Waals surface area contributed by atoms with Crippen molar-refractivity contribution in [1.82, 2.24) is 4.57 Å². The van der Waals surface area contributed by atoms with E-state index in [0.717, 1.165) is 17.1 Å². The van der Waals surface area contributed by atoms with Crippen LogP contribution < -0.4 is 5.32 Å². The second-order valence-electron chi connectivity index (χ2n) is 8.46. The van der Waals surface area contributed by atoms with Crippen LogP contribution in [0, 0.1) is 6.92 Å². The Kier molecular flexibility index (Phi) is 4.70. The number of aryl methyl sites for hydroxylation is 1. The maximum Gasteiger partial charge on any atom is 0.0562 e. The van der Waals surface area contributed by atoms with Gasteiger partial charge in [0, 0.05) is 33.4 Å². The summed E-state index contributed by atoms with van der Waals surface area (Å²) in [5.74, 6) is 0. The Bertz CT molecular complexity index is 1560. The highest BCUT2D eigenvalue weighted by atomic mass is 15.0. The summed E-state index contributed by atoms with van der Waals surface area (Å²) in [6, 6.07) is 43.1. The fourth-order valence-electron chi connectivity index (χ4n) is 4.62. The fourth-order valence-corrected chi connectivity index (χ4v) is 4.62. The van der Waals surface area contributed by atoms with Crippen molar-refractivity contribution in [3.63, 3.8) is 0 Å². The Balaban J connectivity index is 1.66. The van der Waals surface area contributed by atoms with E-state index in [1.165, 1.54) is 38.5 Å². The van der Waals surface area contributed by atoms with E-state index in [0.29, 0.717) is 0 Å². The predicted molar refractivity (Wildman–Crippen MR) is 141 cm³/mol. The van der Waals surface area contributed by atoms with Crippen LogP contribution in [0.25, 0.3) is 38.6 Å². The number of rotatable bonds is 4. The summed E-state index contributed by atoms with van der Waals surface area (Å²) in [7, 11) is 0. The third-order valence-corrected chi connectivity index (χ3v) is 6.24. The summed E-state index contributed by atoms with van der Waals surface area (Å²) < 4.78 is 2.36. The Hall–Kier alpha value is -4.30. The van der Waals surface area contributed by atoms with Crippen molar-refractivity contribution in [2.24, 2.45) is 0 Å². The van der Waals surface area contributed by atoms with Gasteiger partial charge in [-0.2, -0.15) is 0 Å². The first-order valence-corrected chi connectivity index (χ1v) is 11.3. The van der Waals surface area contributed by atoms with Gasteiger partial charge in [-0.15, -0.1) is 0 Å². The highest BCUT2D eigenvalue weighted by molar-refractivity contribution is 6.12. The molecule has 0 saturated carbocycles. The molecule has 1 aromatic heterocycles. The van der Waals surface area contributed by atoms with Crippen LogP contribution in [0.5, 0.6) is 0 Å². The second-order valence-corrected chi connectivity index (χ2v) is 8.46. The third kappa shape index (κ3) is 3.46. The van der Waals surface area contributed by atoms with Crippen LogP contribution in [0.2, 0.25) is 0 Å². The van der Waals surface area contributed by atoms with Crippen LogP contribution in [0.15, 0.2) is 121 Å². The predicted octanol–water partition coefficient (Wildman–Crippen LogP) is 8.50. The molecular weight excluding hydrogens is 400 g/mol. The van der Waals surface area contributed by atoms with Gasteiger partial charge in [-0.25, -0.2) is 0 Å². The number of fused-ring (bicyclic) bond motifs is 3. The SMILES string of the molecule is Cc1ccc(Nc2cc3c(cc2-c2ccccc2)c2ccccc2n3-c2ccccc2)cc1. The number of hydrogen-bond donors (Lipinski definition) is 1. The van der Waals surface area contributed by atoms with Crippen LogP contribution in [-0.4, -0.2) is 4.57 Å². The minimum Gasteiger partial charge on any atom is -0.355 e. The average molecular weight is 425 g/mol. The van der Waals surface area contributed by atoms with E-state index in [2.05, 4.69) is 138 Å². The van der Waals surface area contributed by atoms with Gasteiger partial charge in [0.15, 0.2) is 0 Å². The van der Waals surface area contributed by atoms with E-state index in [-0.39, 0.29) is 0 Å². The molecule has 0 aliphatic carbocycles. The molecule has 0 radical (unpaired) electrons. The van der Waals surface area contributed by atoms with Gasteiger partial charge in [0.05, 0.1) is 11.0 Å². The molecule has 0 spiro atoms. The lowest BCUT2D eigenvalue weighted by atomic mass is 10.00. The van der Waals surface area contributed by atoms with Crippen LogP contribution in [-0.2, 0) is 0 Å². The van der Waals surface area contributed by atoms with Gasteiger partial charge in [0.2, 0.25) is 0 Å². The lowest BCUT2D eigenvalue weighted by Crippen LogP contribution is -1.97. The Morgan fingerprint density at radius 3 is 2.00 bits per heavy atom. The Morgan fingerprint density at radius 2 is 1.24 bits per heavy atom. The number of anilines is 2. The molecular formula is C31H24N2. The quantitative estimate of drug-likeness (QED) is 0.300. The smallest absolute Gasteiger partial charge is 0.0562 e. The van der Waals surface area contributed by atoms with E-state index in [4.69, 9.17) is 0 Å². The van der Waals surface area contributed by atoms with Crippen molar-refractivity contribution in [1.29, 1.82) is 0 Å². The summed E-state index contributed by atoms with van der Waals surface area (Å²) in [6.45, 7) is 2.11. The summed E-state index contributed by atoms with van der Waals surface area (Å²) in [4.78, 5) is 0. The summed E-state index contributed by atoms with van der Waals surface area (Å²) in [5.41, 5.74) is 9.39. The van der Waals surface area contributed by atoms with Gasteiger partial charge >= 0.3 is 0 Å². The van der Waals surface area contributed by atoms with E-state index in [1.807, 2.05) is 0 Å². The first-order chi connectivity index (χ1) is 16.3. The maximum atomic E-state index is 3.70. The molecule has 0 saturated heterocycles. The second kappa shape index (κ2) is 7.99. The molecule has 0 aliphatic rings. The molecule has 1 N–H and O–H groups in total. The van der Waals surface area contributed by atoms with Crippen LogP contribution in [0.1, 0.15) is 5.56 Å². The van der Waals surface area contributed by atoms with E-state index in [1.54, 1.807) is 0 Å². The number of nitrogens with one attached hydrogen (secondary N) is 1. The van der Waals surface area contributed by atoms with E-state index in [9.17, 15) is 0 Å². The van der Waals surface area contributed by atoms with E-state index < -0.39 is 0 Å². The molecule has 0 bridgehead atoms. The molecule has 6 rings (SSSR count). The molecule has 1 heterocycles. The zero-order valence-corrected chi connectivity index (χ0v) is 18.5. The third-order valence-electron chi connectivity index (χ3n) is 6.24. The minimum absolute atomic E-state index is 1.08. The normalized spacial score (nSPS) is 11.2. The average Bonchev–Trinajstić information content (AvgIpc) is 3.19. The van der Waals surface area contributed by atoms with Crippen molar-refractivity contribution in [2.75, 3.05) is 5.32 Å². The molecule has 0 amide bonds. The van der Waals surface area contributed by atoms with Crippen LogP contribution in [0.3, 0.4) is 0 Å². The molecule has 0 fully saturated rings. The van der Waals surface area contributed by atoms with Crippen molar-refractivity contribution < 1.29 is 0 Å². The van der Waals surface area contributed by atoms with Crippen molar-refractivity contribution >= 4 is 33.2 Å². The first kappa shape index (κ1) is 19.4. The molecule has 33 heavy (non-hydrogen) atoms. The van der Waals surface area contributed by atoms with Crippen molar-refractivity contribution in [2.45, 2.75) is 6.92 Å². The van der Waals surface area contributed by atoms with Crippen LogP contribution in [0.4, 0.5) is 11.4 Å². The summed E-state index contributed by atoms with van der Waals surface area (Å²) in [5, 5.41) is 6.21. The molecule has 0 atom stereocenters. The lowest BCUT2D eigenvalue weighted by molar-refractivity contribution is 1.18. The molecule has 158 valence electrons. The minimum atomic E-state index is 1.08. The number of nitrogens with zero attached hydrogens (tertiary/aromatic N) is 1. The van der Waals surface area contributed by atoms with Gasteiger partial charge in [-0.3, -0.25) is 0 Å². The maximum absolute atomic E-state index is 3.70. The number of hydrogen-bond acceptors (Lipinski definition) is 1. The molecule has 2 heteroatoms. The molecule has 5 aromatic carbocycles. The standard InChI is InChI=1S/C31H24N2/c1-22-16-18-24(19-17-22)32-29-21-31-28(20-27(29)23-10-4-2-5-11-23)26-14-8-9-15-30(26)33(31)25-12-6-3-7-13-25/h2-21,32H,1H3. The van der Waals surface area contributed by atoms with E-state index >= 15 is 0 Å². The summed E-state index contributed by atoms with van der Waals surface area (Å²) in [6.07, 6.45) is 0. The topological polar surface area (TPSA) is 17.0 Å². The summed E-state index contributed by atoms with van der Waals surface area (Å²) >= 11 is 0.